The molecular weight excluding hydrogens is 448 g/mol. The van der Waals surface area contributed by atoms with Crippen molar-refractivity contribution in [1.29, 1.82) is 0 Å². The fraction of sp³-hybridized carbons (Fsp3) is 0.938. The van der Waals surface area contributed by atoms with E-state index < -0.39 is 12.8 Å². The number of rotatable bonds is 12. The third kappa shape index (κ3) is 16.9. The molecule has 0 saturated heterocycles. The van der Waals surface area contributed by atoms with Crippen LogP contribution >= 0.6 is 24.0 Å². The van der Waals surface area contributed by atoms with Crippen molar-refractivity contribution >= 4 is 29.9 Å². The molecule has 0 aromatic heterocycles. The van der Waals surface area contributed by atoms with Crippen LogP contribution in [0.2, 0.25) is 0 Å². The van der Waals surface area contributed by atoms with Gasteiger partial charge in [-0.15, -0.1) is 24.0 Å². The van der Waals surface area contributed by atoms with Gasteiger partial charge < -0.3 is 20.3 Å². The van der Waals surface area contributed by atoms with Crippen LogP contribution in [0.25, 0.3) is 0 Å². The molecule has 0 aliphatic heterocycles. The average molecular weight is 482 g/mol. The molecule has 1 atom stereocenters. The van der Waals surface area contributed by atoms with Crippen LogP contribution < -0.4 is 10.6 Å². The van der Waals surface area contributed by atoms with Crippen molar-refractivity contribution < 1.29 is 17.9 Å². The van der Waals surface area contributed by atoms with Crippen LogP contribution in [0.5, 0.6) is 0 Å². The molecule has 0 amide bonds. The molecule has 0 spiro atoms. The lowest BCUT2D eigenvalue weighted by Gasteiger charge is -2.21. The third-order valence-corrected chi connectivity index (χ3v) is 3.64. The molecule has 1 unspecified atom stereocenters. The van der Waals surface area contributed by atoms with Crippen molar-refractivity contribution in [3.8, 4) is 0 Å². The maximum atomic E-state index is 11.9. The van der Waals surface area contributed by atoms with Crippen LogP contribution in [0.4, 0.5) is 13.2 Å². The second-order valence-electron chi connectivity index (χ2n) is 5.73. The second kappa shape index (κ2) is 15.9. The summed E-state index contributed by atoms with van der Waals surface area (Å²) in [5.74, 6) is 0.668. The zero-order valence-corrected chi connectivity index (χ0v) is 18.1. The van der Waals surface area contributed by atoms with Crippen LogP contribution in [-0.4, -0.2) is 69.5 Å². The number of ether oxygens (including phenoxy) is 1. The molecule has 0 aromatic carbocycles. The van der Waals surface area contributed by atoms with Crippen LogP contribution in [0.1, 0.15) is 40.0 Å². The summed E-state index contributed by atoms with van der Waals surface area (Å²) in [4.78, 5) is 6.51. The highest BCUT2D eigenvalue weighted by Gasteiger charge is 2.27. The number of alkyl halides is 3. The summed E-state index contributed by atoms with van der Waals surface area (Å²) in [6.45, 7) is 9.04. The van der Waals surface area contributed by atoms with Crippen LogP contribution in [0.15, 0.2) is 4.99 Å². The van der Waals surface area contributed by atoms with Crippen molar-refractivity contribution in [2.45, 2.75) is 52.3 Å². The lowest BCUT2D eigenvalue weighted by Crippen LogP contribution is -2.43. The molecule has 0 bridgehead atoms. The minimum absolute atomic E-state index is 0. The molecule has 2 N–H and O–H groups in total. The number of hydrogen-bond donors (Lipinski definition) is 2. The maximum Gasteiger partial charge on any atom is 0.411 e. The van der Waals surface area contributed by atoms with Crippen molar-refractivity contribution in [1.82, 2.24) is 15.5 Å². The summed E-state index contributed by atoms with van der Waals surface area (Å²) < 4.78 is 40.3. The van der Waals surface area contributed by atoms with Gasteiger partial charge in [-0.05, 0) is 45.8 Å². The number of hydrogen-bond acceptors (Lipinski definition) is 3. The van der Waals surface area contributed by atoms with Crippen LogP contribution in [0.3, 0.4) is 0 Å². The van der Waals surface area contributed by atoms with Crippen LogP contribution in [-0.2, 0) is 4.74 Å². The van der Waals surface area contributed by atoms with Gasteiger partial charge in [-0.3, -0.25) is 4.99 Å². The van der Waals surface area contributed by atoms with Gasteiger partial charge in [-0.1, -0.05) is 13.8 Å². The summed E-state index contributed by atoms with van der Waals surface area (Å²) in [5.41, 5.74) is 0. The fourth-order valence-electron chi connectivity index (χ4n) is 2.23. The largest absolute Gasteiger partial charge is 0.411 e. The molecule has 0 fully saturated rings. The molecule has 0 saturated carbocycles. The predicted octanol–water partition coefficient (Wildman–Crippen LogP) is 3.25. The van der Waals surface area contributed by atoms with E-state index in [1.807, 2.05) is 0 Å². The molecule has 0 aromatic rings. The highest BCUT2D eigenvalue weighted by Crippen LogP contribution is 2.14. The van der Waals surface area contributed by atoms with Gasteiger partial charge in [-0.25, -0.2) is 0 Å². The van der Waals surface area contributed by atoms with E-state index in [4.69, 9.17) is 0 Å². The molecule has 0 radical (unpaired) electrons. The Balaban J connectivity index is 0. The Kier molecular flexibility index (Phi) is 17.2. The minimum Gasteiger partial charge on any atom is -0.372 e. The Hall–Kier alpha value is -0.290. The Labute approximate surface area is 167 Å². The molecule has 5 nitrogen and oxygen atoms in total. The standard InChI is InChI=1S/C16H33F3N4O.HI/c1-5-23(6-2)11-7-9-14(3)22-15(20-4)21-10-8-12-24-13-16(17,18)19;/h14H,5-13H2,1-4H3,(H2,20,21,22);1H. The quantitative estimate of drug-likeness (QED) is 0.194. The number of nitrogens with zero attached hydrogens (tertiary/aromatic N) is 2. The smallest absolute Gasteiger partial charge is 0.372 e. The third-order valence-electron chi connectivity index (χ3n) is 3.64. The van der Waals surface area contributed by atoms with Crippen molar-refractivity contribution in [3.63, 3.8) is 0 Å². The van der Waals surface area contributed by atoms with Crippen molar-refractivity contribution in [3.05, 3.63) is 0 Å². The first kappa shape index (κ1) is 26.9. The Morgan fingerprint density at radius 1 is 1.20 bits per heavy atom. The van der Waals surface area contributed by atoms with Gasteiger partial charge in [0.25, 0.3) is 0 Å². The Morgan fingerprint density at radius 3 is 2.36 bits per heavy atom. The van der Waals surface area contributed by atoms with Gasteiger partial charge in [0, 0.05) is 26.2 Å². The highest BCUT2D eigenvalue weighted by molar-refractivity contribution is 14.0. The average Bonchev–Trinajstić information content (AvgIpc) is 2.52. The maximum absolute atomic E-state index is 11.9. The SMILES string of the molecule is CCN(CC)CCCC(C)NC(=NC)NCCCOCC(F)(F)F.I. The first-order valence-corrected chi connectivity index (χ1v) is 8.66. The Bertz CT molecular complexity index is 340. The van der Waals surface area contributed by atoms with E-state index in [0.717, 1.165) is 32.5 Å². The molecule has 0 aliphatic carbocycles. The zero-order valence-electron chi connectivity index (χ0n) is 15.8. The summed E-state index contributed by atoms with van der Waals surface area (Å²) in [7, 11) is 1.68. The zero-order chi connectivity index (χ0) is 18.4. The number of halogens is 4. The van der Waals surface area contributed by atoms with E-state index in [0.29, 0.717) is 18.9 Å². The molecular formula is C16H34F3IN4O. The van der Waals surface area contributed by atoms with Gasteiger partial charge in [0.05, 0.1) is 0 Å². The van der Waals surface area contributed by atoms with Gasteiger partial charge in [0.1, 0.15) is 6.61 Å². The number of guanidine groups is 1. The summed E-state index contributed by atoms with van der Waals surface area (Å²) in [5, 5.41) is 6.38. The normalized spacial score (nSPS) is 13.5. The topological polar surface area (TPSA) is 48.9 Å². The van der Waals surface area contributed by atoms with Crippen molar-refractivity contribution in [2.24, 2.45) is 4.99 Å². The molecule has 0 aliphatic rings. The molecule has 152 valence electrons. The fourth-order valence-corrected chi connectivity index (χ4v) is 2.23. The lowest BCUT2D eigenvalue weighted by molar-refractivity contribution is -0.173. The summed E-state index contributed by atoms with van der Waals surface area (Å²) in [6, 6.07) is 0.285. The van der Waals surface area contributed by atoms with Crippen LogP contribution in [0, 0.1) is 0 Å². The van der Waals surface area contributed by atoms with Crippen molar-refractivity contribution in [2.75, 3.05) is 46.4 Å². The van der Waals surface area contributed by atoms with Gasteiger partial charge in [0.2, 0.25) is 0 Å². The highest BCUT2D eigenvalue weighted by atomic mass is 127. The van der Waals surface area contributed by atoms with Gasteiger partial charge in [-0.2, -0.15) is 13.2 Å². The van der Waals surface area contributed by atoms with Gasteiger partial charge >= 0.3 is 6.18 Å². The van der Waals surface area contributed by atoms with E-state index >= 15 is 0 Å². The Morgan fingerprint density at radius 2 is 1.84 bits per heavy atom. The van der Waals surface area contributed by atoms with E-state index in [1.54, 1.807) is 7.05 Å². The first-order valence-electron chi connectivity index (χ1n) is 8.66. The molecule has 25 heavy (non-hydrogen) atoms. The number of nitrogens with one attached hydrogen (secondary N) is 2. The van der Waals surface area contributed by atoms with E-state index in [1.165, 1.54) is 0 Å². The first-order chi connectivity index (χ1) is 11.3. The molecule has 0 rings (SSSR count). The number of aliphatic imine (C=N–C) groups is 1. The summed E-state index contributed by atoms with van der Waals surface area (Å²) in [6.07, 6.45) is -1.62. The molecule has 0 heterocycles. The van der Waals surface area contributed by atoms with E-state index in [2.05, 4.69) is 46.0 Å². The van der Waals surface area contributed by atoms with E-state index in [9.17, 15) is 13.2 Å². The van der Waals surface area contributed by atoms with E-state index in [-0.39, 0.29) is 36.6 Å². The minimum atomic E-state index is -4.26. The predicted molar refractivity (Wildman–Crippen MR) is 108 cm³/mol. The van der Waals surface area contributed by atoms with Gasteiger partial charge in [0.15, 0.2) is 5.96 Å². The lowest BCUT2D eigenvalue weighted by atomic mass is 10.2. The molecule has 9 heteroatoms. The summed E-state index contributed by atoms with van der Waals surface area (Å²) >= 11 is 0. The second-order valence-corrected chi connectivity index (χ2v) is 5.73. The monoisotopic (exact) mass is 482 g/mol.